The van der Waals surface area contributed by atoms with Crippen molar-refractivity contribution in [2.75, 3.05) is 18.6 Å². The van der Waals surface area contributed by atoms with Crippen molar-refractivity contribution in [3.05, 3.63) is 59.2 Å². The second kappa shape index (κ2) is 6.97. The summed E-state index contributed by atoms with van der Waals surface area (Å²) in [5.41, 5.74) is 3.75. The Morgan fingerprint density at radius 1 is 1.16 bits per heavy atom. The van der Waals surface area contributed by atoms with Crippen LogP contribution in [0, 0.1) is 13.8 Å². The standard InChI is InChI=1S/C20H22N2O3/c1-13-7-8-17(9-14(13)2)22-12-16(11-19(22)23)21-20(24)15-5-4-6-18(10-15)25-3/h4-10,16H,11-12H2,1-3H3,(H,21,24)/t16-/m0/s1. The fourth-order valence-corrected chi connectivity index (χ4v) is 2.98. The maximum Gasteiger partial charge on any atom is 0.251 e. The lowest BCUT2D eigenvalue weighted by Crippen LogP contribution is -2.37. The molecule has 1 atom stereocenters. The van der Waals surface area contributed by atoms with Crippen molar-refractivity contribution in [2.24, 2.45) is 0 Å². The second-order valence-electron chi connectivity index (χ2n) is 6.38. The third kappa shape index (κ3) is 3.65. The van der Waals surface area contributed by atoms with Crippen LogP contribution in [-0.4, -0.2) is 31.5 Å². The minimum Gasteiger partial charge on any atom is -0.497 e. The topological polar surface area (TPSA) is 58.6 Å². The van der Waals surface area contributed by atoms with E-state index >= 15 is 0 Å². The Balaban J connectivity index is 1.69. The van der Waals surface area contributed by atoms with E-state index in [-0.39, 0.29) is 17.9 Å². The van der Waals surface area contributed by atoms with Gasteiger partial charge in [0.2, 0.25) is 5.91 Å². The average molecular weight is 338 g/mol. The summed E-state index contributed by atoms with van der Waals surface area (Å²) < 4.78 is 5.15. The fourth-order valence-electron chi connectivity index (χ4n) is 2.98. The molecule has 25 heavy (non-hydrogen) atoms. The second-order valence-corrected chi connectivity index (χ2v) is 6.38. The van der Waals surface area contributed by atoms with Crippen molar-refractivity contribution in [1.82, 2.24) is 5.32 Å². The number of methoxy groups -OCH3 is 1. The molecule has 1 N–H and O–H groups in total. The highest BCUT2D eigenvalue weighted by Gasteiger charge is 2.31. The molecular formula is C20H22N2O3. The van der Waals surface area contributed by atoms with Crippen LogP contribution in [0.25, 0.3) is 0 Å². The molecular weight excluding hydrogens is 316 g/mol. The first-order valence-corrected chi connectivity index (χ1v) is 8.30. The first kappa shape index (κ1) is 17.0. The highest BCUT2D eigenvalue weighted by Crippen LogP contribution is 2.24. The first-order chi connectivity index (χ1) is 12.0. The number of aryl methyl sites for hydroxylation is 2. The number of rotatable bonds is 4. The molecule has 0 bridgehead atoms. The summed E-state index contributed by atoms with van der Waals surface area (Å²) in [6.07, 6.45) is 0.308. The predicted octanol–water partition coefficient (Wildman–Crippen LogP) is 2.85. The van der Waals surface area contributed by atoms with Crippen LogP contribution >= 0.6 is 0 Å². The Hall–Kier alpha value is -2.82. The molecule has 0 aliphatic carbocycles. The van der Waals surface area contributed by atoms with E-state index in [1.54, 1.807) is 36.3 Å². The van der Waals surface area contributed by atoms with Gasteiger partial charge in [0.05, 0.1) is 13.2 Å². The Morgan fingerprint density at radius 3 is 2.68 bits per heavy atom. The molecule has 2 amide bonds. The number of carbonyl (C=O) groups excluding carboxylic acids is 2. The van der Waals surface area contributed by atoms with Crippen molar-refractivity contribution >= 4 is 17.5 Å². The molecule has 5 heteroatoms. The zero-order chi connectivity index (χ0) is 18.0. The van der Waals surface area contributed by atoms with Crippen molar-refractivity contribution in [1.29, 1.82) is 0 Å². The van der Waals surface area contributed by atoms with Gasteiger partial charge in [-0.05, 0) is 55.3 Å². The van der Waals surface area contributed by atoms with Crippen LogP contribution in [0.4, 0.5) is 5.69 Å². The smallest absolute Gasteiger partial charge is 0.251 e. The van der Waals surface area contributed by atoms with Gasteiger partial charge in [-0.3, -0.25) is 9.59 Å². The molecule has 0 unspecified atom stereocenters. The number of anilines is 1. The van der Waals surface area contributed by atoms with Gasteiger partial charge in [0.15, 0.2) is 0 Å². The zero-order valence-corrected chi connectivity index (χ0v) is 14.7. The van der Waals surface area contributed by atoms with E-state index in [1.165, 1.54) is 5.56 Å². The van der Waals surface area contributed by atoms with Gasteiger partial charge in [0.25, 0.3) is 5.91 Å². The molecule has 1 saturated heterocycles. The summed E-state index contributed by atoms with van der Waals surface area (Å²) in [6, 6.07) is 12.8. The highest BCUT2D eigenvalue weighted by molar-refractivity contribution is 5.99. The largest absolute Gasteiger partial charge is 0.497 e. The van der Waals surface area contributed by atoms with E-state index in [4.69, 9.17) is 4.74 Å². The van der Waals surface area contributed by atoms with Crippen LogP contribution < -0.4 is 15.0 Å². The average Bonchev–Trinajstić information content (AvgIpc) is 2.97. The van der Waals surface area contributed by atoms with Crippen molar-refractivity contribution < 1.29 is 14.3 Å². The number of hydrogen-bond donors (Lipinski definition) is 1. The monoisotopic (exact) mass is 338 g/mol. The number of nitrogens with zero attached hydrogens (tertiary/aromatic N) is 1. The van der Waals surface area contributed by atoms with Gasteiger partial charge in [-0.25, -0.2) is 0 Å². The molecule has 0 aromatic heterocycles. The molecule has 0 spiro atoms. The molecule has 0 radical (unpaired) electrons. The maximum atomic E-state index is 12.4. The number of hydrogen-bond acceptors (Lipinski definition) is 3. The Kier molecular flexibility index (Phi) is 4.74. The van der Waals surface area contributed by atoms with Gasteiger partial charge in [0.1, 0.15) is 5.75 Å². The van der Waals surface area contributed by atoms with E-state index < -0.39 is 0 Å². The molecule has 3 rings (SSSR count). The van der Waals surface area contributed by atoms with E-state index in [2.05, 4.69) is 5.32 Å². The van der Waals surface area contributed by atoms with Crippen molar-refractivity contribution in [2.45, 2.75) is 26.3 Å². The summed E-state index contributed by atoms with van der Waals surface area (Å²) in [5, 5.41) is 2.95. The minimum absolute atomic E-state index is 0.0270. The number of amides is 2. The van der Waals surface area contributed by atoms with E-state index in [0.717, 1.165) is 11.3 Å². The Bertz CT molecular complexity index is 816. The molecule has 1 aliphatic rings. The van der Waals surface area contributed by atoms with Crippen LogP contribution in [0.5, 0.6) is 5.75 Å². The van der Waals surface area contributed by atoms with Crippen LogP contribution in [-0.2, 0) is 4.79 Å². The van der Waals surface area contributed by atoms with E-state index in [0.29, 0.717) is 24.3 Å². The van der Waals surface area contributed by atoms with E-state index in [9.17, 15) is 9.59 Å². The molecule has 5 nitrogen and oxygen atoms in total. The lowest BCUT2D eigenvalue weighted by Gasteiger charge is -2.18. The third-order valence-corrected chi connectivity index (χ3v) is 4.59. The normalized spacial score (nSPS) is 16.8. The first-order valence-electron chi connectivity index (χ1n) is 8.30. The summed E-state index contributed by atoms with van der Waals surface area (Å²) in [7, 11) is 1.56. The quantitative estimate of drug-likeness (QED) is 0.932. The lowest BCUT2D eigenvalue weighted by molar-refractivity contribution is -0.117. The number of ether oxygens (including phenoxy) is 1. The van der Waals surface area contributed by atoms with Crippen LogP contribution in [0.1, 0.15) is 27.9 Å². The predicted molar refractivity (Wildman–Crippen MR) is 97.1 cm³/mol. The Morgan fingerprint density at radius 2 is 1.96 bits per heavy atom. The minimum atomic E-state index is -0.201. The van der Waals surface area contributed by atoms with Gasteiger partial charge >= 0.3 is 0 Å². The number of carbonyl (C=O) groups is 2. The van der Waals surface area contributed by atoms with Gasteiger partial charge in [-0.2, -0.15) is 0 Å². The summed E-state index contributed by atoms with van der Waals surface area (Å²) in [5.74, 6) is 0.463. The number of nitrogens with one attached hydrogen (secondary N) is 1. The molecule has 1 heterocycles. The van der Waals surface area contributed by atoms with Crippen LogP contribution in [0.2, 0.25) is 0 Å². The van der Waals surface area contributed by atoms with E-state index in [1.807, 2.05) is 32.0 Å². The van der Waals surface area contributed by atoms with Gasteiger partial charge in [0, 0.05) is 24.2 Å². The van der Waals surface area contributed by atoms with Crippen molar-refractivity contribution in [3.8, 4) is 5.75 Å². The van der Waals surface area contributed by atoms with Crippen molar-refractivity contribution in [3.63, 3.8) is 0 Å². The van der Waals surface area contributed by atoms with Gasteiger partial charge < -0.3 is 15.0 Å². The molecule has 0 saturated carbocycles. The summed E-state index contributed by atoms with van der Waals surface area (Å²) >= 11 is 0. The van der Waals surface area contributed by atoms with Gasteiger partial charge in [-0.1, -0.05) is 12.1 Å². The SMILES string of the molecule is COc1cccc(C(=O)N[C@H]2CC(=O)N(c3ccc(C)c(C)c3)C2)c1. The van der Waals surface area contributed by atoms with Crippen LogP contribution in [0.3, 0.4) is 0 Å². The highest BCUT2D eigenvalue weighted by atomic mass is 16.5. The maximum absolute atomic E-state index is 12.4. The van der Waals surface area contributed by atoms with Gasteiger partial charge in [-0.15, -0.1) is 0 Å². The zero-order valence-electron chi connectivity index (χ0n) is 14.7. The fraction of sp³-hybridized carbons (Fsp3) is 0.300. The summed E-state index contributed by atoms with van der Waals surface area (Å²) in [6.45, 7) is 4.56. The molecule has 130 valence electrons. The third-order valence-electron chi connectivity index (χ3n) is 4.59. The van der Waals surface area contributed by atoms with Crippen LogP contribution in [0.15, 0.2) is 42.5 Å². The molecule has 2 aromatic rings. The number of benzene rings is 2. The Labute approximate surface area is 147 Å². The lowest BCUT2D eigenvalue weighted by atomic mass is 10.1. The molecule has 1 aliphatic heterocycles. The molecule has 2 aromatic carbocycles. The molecule has 1 fully saturated rings. The summed E-state index contributed by atoms with van der Waals surface area (Å²) in [4.78, 5) is 26.5.